The number of ketones is 1. The van der Waals surface area contributed by atoms with E-state index in [1.165, 1.54) is 0 Å². The average molecular weight is 342 g/mol. The van der Waals surface area contributed by atoms with E-state index in [0.717, 1.165) is 22.3 Å². The molecule has 0 radical (unpaired) electrons. The second kappa shape index (κ2) is 7.66. The van der Waals surface area contributed by atoms with Crippen LogP contribution in [0.2, 0.25) is 0 Å². The summed E-state index contributed by atoms with van der Waals surface area (Å²) in [5.74, 6) is 1.36. The van der Waals surface area contributed by atoms with Crippen molar-refractivity contribution in [3.8, 4) is 6.07 Å². The van der Waals surface area contributed by atoms with Crippen LogP contribution in [0, 0.1) is 17.9 Å². The molecule has 0 N–H and O–H groups in total. The van der Waals surface area contributed by atoms with Gasteiger partial charge in [0.2, 0.25) is 0 Å². The monoisotopic (exact) mass is 342 g/mol. The minimum absolute atomic E-state index is 0.0364. The molecule has 0 aromatic heterocycles. The van der Waals surface area contributed by atoms with Crippen molar-refractivity contribution in [3.63, 3.8) is 0 Å². The second-order valence-corrected chi connectivity index (χ2v) is 6.59. The van der Waals surface area contributed by atoms with Gasteiger partial charge in [-0.1, -0.05) is 30.3 Å². The summed E-state index contributed by atoms with van der Waals surface area (Å²) in [5, 5.41) is 9.00. The predicted octanol–water partition coefficient (Wildman–Crippen LogP) is 4.89. The Balaban J connectivity index is 1.90. The Labute approximate surface area is 151 Å². The maximum Gasteiger partial charge on any atom is 0.187 e. The summed E-state index contributed by atoms with van der Waals surface area (Å²) in [6, 6.07) is 16.6. The molecule has 0 unspecified atom stereocenters. The van der Waals surface area contributed by atoms with Crippen LogP contribution < -0.4 is 0 Å². The largest absolute Gasteiger partial charge is 0.289 e. The normalized spacial score (nSPS) is 17.3. The molecule has 0 bridgehead atoms. The van der Waals surface area contributed by atoms with E-state index >= 15 is 0 Å². The van der Waals surface area contributed by atoms with Crippen molar-refractivity contribution in [1.29, 1.82) is 5.26 Å². The van der Waals surface area contributed by atoms with Crippen molar-refractivity contribution in [2.45, 2.75) is 0 Å². The highest BCUT2D eigenvalue weighted by Crippen LogP contribution is 2.27. The van der Waals surface area contributed by atoms with Gasteiger partial charge < -0.3 is 0 Å². The van der Waals surface area contributed by atoms with Crippen molar-refractivity contribution in [3.05, 3.63) is 87.8 Å². The van der Waals surface area contributed by atoms with Gasteiger partial charge in [-0.15, -0.1) is 0 Å². The van der Waals surface area contributed by atoms with Gasteiger partial charge in [-0.25, -0.2) is 4.85 Å². The lowest BCUT2D eigenvalue weighted by Gasteiger charge is -2.16. The van der Waals surface area contributed by atoms with E-state index in [2.05, 4.69) is 10.9 Å². The van der Waals surface area contributed by atoms with Gasteiger partial charge in [0.15, 0.2) is 11.5 Å². The average Bonchev–Trinajstić information content (AvgIpc) is 2.65. The van der Waals surface area contributed by atoms with E-state index in [1.807, 2.05) is 36.4 Å². The van der Waals surface area contributed by atoms with Gasteiger partial charge in [0.1, 0.15) is 0 Å². The minimum atomic E-state index is 0.0364. The van der Waals surface area contributed by atoms with Crippen LogP contribution in [-0.2, 0) is 4.79 Å². The second-order valence-electron chi connectivity index (χ2n) is 5.61. The predicted molar refractivity (Wildman–Crippen MR) is 102 cm³/mol. The fourth-order valence-electron chi connectivity index (χ4n) is 2.61. The summed E-state index contributed by atoms with van der Waals surface area (Å²) in [6.45, 7) is 7.09. The summed E-state index contributed by atoms with van der Waals surface area (Å²) in [4.78, 5) is 16.2. The lowest BCUT2D eigenvalue weighted by molar-refractivity contribution is -0.112. The van der Waals surface area contributed by atoms with Crippen molar-refractivity contribution in [2.75, 3.05) is 11.5 Å². The molecule has 3 nitrogen and oxygen atoms in total. The van der Waals surface area contributed by atoms with Crippen LogP contribution in [0.1, 0.15) is 16.7 Å². The minimum Gasteiger partial charge on any atom is -0.289 e. The highest BCUT2D eigenvalue weighted by Gasteiger charge is 2.20. The van der Waals surface area contributed by atoms with Gasteiger partial charge in [0.25, 0.3) is 0 Å². The van der Waals surface area contributed by atoms with Gasteiger partial charge in [-0.05, 0) is 41.5 Å². The number of nitrogens with zero attached hydrogens (tertiary/aromatic N) is 2. The fraction of sp³-hybridized carbons (Fsp3) is 0.0952. The summed E-state index contributed by atoms with van der Waals surface area (Å²) in [6.07, 6.45) is 3.72. The number of nitriles is 1. The topological polar surface area (TPSA) is 45.2 Å². The third-order valence-electron chi connectivity index (χ3n) is 3.80. The Morgan fingerprint density at radius 2 is 1.68 bits per heavy atom. The number of carbonyl (C=O) groups is 1. The number of hydrogen-bond acceptors (Lipinski definition) is 3. The number of thioether (sulfide) groups is 1. The summed E-state index contributed by atoms with van der Waals surface area (Å²) >= 11 is 1.69. The maximum absolute atomic E-state index is 12.8. The third-order valence-corrected chi connectivity index (χ3v) is 4.83. The lowest BCUT2D eigenvalue weighted by Crippen LogP contribution is -2.16. The van der Waals surface area contributed by atoms with E-state index in [-0.39, 0.29) is 5.78 Å². The van der Waals surface area contributed by atoms with E-state index in [9.17, 15) is 4.79 Å². The van der Waals surface area contributed by atoms with Crippen molar-refractivity contribution in [1.82, 2.24) is 0 Å². The van der Waals surface area contributed by atoms with Crippen LogP contribution in [0.25, 0.3) is 17.0 Å². The summed E-state index contributed by atoms with van der Waals surface area (Å²) < 4.78 is 0. The molecule has 0 spiro atoms. The zero-order chi connectivity index (χ0) is 17.6. The molecule has 3 rings (SSSR count). The van der Waals surface area contributed by atoms with Crippen LogP contribution >= 0.6 is 11.8 Å². The van der Waals surface area contributed by atoms with Crippen LogP contribution in [0.15, 0.2) is 59.7 Å². The Morgan fingerprint density at radius 1 is 1.04 bits per heavy atom. The van der Waals surface area contributed by atoms with Crippen LogP contribution in [0.3, 0.4) is 0 Å². The summed E-state index contributed by atoms with van der Waals surface area (Å²) in [5.41, 5.74) is 4.34. The molecule has 0 aliphatic carbocycles. The van der Waals surface area contributed by atoms with Gasteiger partial charge in [-0.3, -0.25) is 4.79 Å². The molecule has 4 heteroatoms. The number of hydrogen-bond donors (Lipinski definition) is 0. The Morgan fingerprint density at radius 3 is 2.32 bits per heavy atom. The summed E-state index contributed by atoms with van der Waals surface area (Å²) in [7, 11) is 0. The van der Waals surface area contributed by atoms with Gasteiger partial charge in [0, 0.05) is 22.7 Å². The Hall–Kier alpha value is -3.08. The van der Waals surface area contributed by atoms with Crippen molar-refractivity contribution < 1.29 is 4.79 Å². The first-order valence-electron chi connectivity index (χ1n) is 7.71. The first-order valence-corrected chi connectivity index (χ1v) is 8.86. The molecule has 0 saturated carbocycles. The molecule has 120 valence electrons. The molecule has 2 aromatic rings. The van der Waals surface area contributed by atoms with E-state index in [0.29, 0.717) is 22.8 Å². The quantitative estimate of drug-likeness (QED) is 0.576. The molecule has 25 heavy (non-hydrogen) atoms. The first kappa shape index (κ1) is 16.8. The number of rotatable bonds is 2. The SMILES string of the molecule is [C-]#[N+]c1cccc(/C=C2\CSC/C(=C\c3cccc(C#N)c3)C2=O)c1. The number of benzene rings is 2. The first-order chi connectivity index (χ1) is 12.2. The van der Waals surface area contributed by atoms with Crippen LogP contribution in [-0.4, -0.2) is 17.3 Å². The molecule has 1 fully saturated rings. The van der Waals surface area contributed by atoms with Gasteiger partial charge in [0.05, 0.1) is 18.2 Å². The number of carbonyl (C=O) groups excluding carboxylic acids is 1. The van der Waals surface area contributed by atoms with Gasteiger partial charge in [-0.2, -0.15) is 17.0 Å². The zero-order valence-corrected chi connectivity index (χ0v) is 14.2. The molecular formula is C21H14N2OS. The maximum atomic E-state index is 12.8. The molecule has 0 amide bonds. The highest BCUT2D eigenvalue weighted by molar-refractivity contribution is 7.99. The molecule has 0 atom stereocenters. The van der Waals surface area contributed by atoms with Crippen molar-refractivity contribution >= 4 is 35.4 Å². The van der Waals surface area contributed by atoms with Crippen LogP contribution in [0.5, 0.6) is 0 Å². The Bertz CT molecular complexity index is 896. The standard InChI is InChI=1S/C21H14N2OS/c1-23-20-7-3-5-16(11-20)10-19-14-25-13-18(21(19)24)9-15-4-2-6-17(8-15)12-22/h2-11H,13-14H2/b18-9+,19-10+. The van der Waals surface area contributed by atoms with E-state index < -0.39 is 0 Å². The molecule has 1 aliphatic heterocycles. The molecule has 1 saturated heterocycles. The lowest BCUT2D eigenvalue weighted by atomic mass is 10.00. The Kier molecular flexibility index (Phi) is 5.14. The third kappa shape index (κ3) is 4.07. The smallest absolute Gasteiger partial charge is 0.187 e. The molecular weight excluding hydrogens is 328 g/mol. The zero-order valence-electron chi connectivity index (χ0n) is 13.4. The highest BCUT2D eigenvalue weighted by atomic mass is 32.2. The molecule has 2 aromatic carbocycles. The van der Waals surface area contributed by atoms with Crippen molar-refractivity contribution in [2.24, 2.45) is 0 Å². The fourth-order valence-corrected chi connectivity index (χ4v) is 3.58. The van der Waals surface area contributed by atoms with Gasteiger partial charge >= 0.3 is 0 Å². The van der Waals surface area contributed by atoms with E-state index in [1.54, 1.807) is 36.0 Å². The molecule has 1 heterocycles. The van der Waals surface area contributed by atoms with Crippen LogP contribution in [0.4, 0.5) is 5.69 Å². The van der Waals surface area contributed by atoms with E-state index in [4.69, 9.17) is 11.8 Å². The molecule has 1 aliphatic rings. The number of Topliss-reactive ketones (excluding diaryl/α,β-unsaturated/α-hetero) is 1.